The van der Waals surface area contributed by atoms with E-state index in [0.29, 0.717) is 26.2 Å². The van der Waals surface area contributed by atoms with Crippen molar-refractivity contribution in [3.63, 3.8) is 0 Å². The van der Waals surface area contributed by atoms with Crippen molar-refractivity contribution in [2.24, 2.45) is 0 Å². The molecule has 0 amide bonds. The third-order valence-electron chi connectivity index (χ3n) is 4.10. The fourth-order valence-corrected chi connectivity index (χ4v) is 2.70. The minimum atomic E-state index is -5.94. The first-order valence-electron chi connectivity index (χ1n) is 8.18. The maximum absolute atomic E-state index is 13.8. The summed E-state index contributed by atoms with van der Waals surface area (Å²) in [4.78, 5) is 15.5. The van der Waals surface area contributed by atoms with Crippen molar-refractivity contribution in [1.82, 2.24) is 0 Å². The molecule has 0 saturated carbocycles. The molecule has 142 valence electrons. The van der Waals surface area contributed by atoms with Gasteiger partial charge in [-0.15, -0.1) is 0 Å². The van der Waals surface area contributed by atoms with Crippen LogP contribution >= 0.6 is 0 Å². The Morgan fingerprint density at radius 1 is 0.840 bits per heavy atom. The van der Waals surface area contributed by atoms with E-state index in [-0.39, 0.29) is 11.4 Å². The first-order valence-corrected chi connectivity index (χ1v) is 8.18. The van der Waals surface area contributed by atoms with E-state index in [9.17, 15) is 26.7 Å². The summed E-state index contributed by atoms with van der Waals surface area (Å²) >= 11 is 0. The zero-order valence-corrected chi connectivity index (χ0v) is 14.8. The molecular formula is C17H23F5N2O. The summed E-state index contributed by atoms with van der Waals surface area (Å²) in [6.07, 6.45) is -5.94. The van der Waals surface area contributed by atoms with Crippen molar-refractivity contribution < 1.29 is 26.7 Å². The maximum atomic E-state index is 13.8. The number of benzene rings is 1. The van der Waals surface area contributed by atoms with Crippen LogP contribution in [0.1, 0.15) is 38.1 Å². The predicted molar refractivity (Wildman–Crippen MR) is 88.9 cm³/mol. The second-order valence-electron chi connectivity index (χ2n) is 5.42. The molecule has 0 aromatic heterocycles. The molecule has 1 aromatic rings. The lowest BCUT2D eigenvalue weighted by molar-refractivity contribution is -0.255. The number of hydrogen-bond donors (Lipinski definition) is 0. The first-order chi connectivity index (χ1) is 11.6. The number of anilines is 2. The van der Waals surface area contributed by atoms with Crippen LogP contribution in [0.3, 0.4) is 0 Å². The summed E-state index contributed by atoms with van der Waals surface area (Å²) in [5, 5.41) is 0. The number of halogens is 5. The standard InChI is InChI=1S/C17H23F5N2O/c1-5-23(6-2)12-10-9-11-13(24(7-3)8-4)14(12)15(25)16(18,19)17(20,21)22/h9-11H,5-8H2,1-4H3. The van der Waals surface area contributed by atoms with E-state index in [2.05, 4.69) is 0 Å². The lowest BCUT2D eigenvalue weighted by atomic mass is 9.98. The van der Waals surface area contributed by atoms with Crippen LogP contribution in [-0.4, -0.2) is 44.1 Å². The van der Waals surface area contributed by atoms with Gasteiger partial charge in [0.05, 0.1) is 5.56 Å². The number of carbonyl (C=O) groups is 1. The van der Waals surface area contributed by atoms with Crippen molar-refractivity contribution in [2.75, 3.05) is 36.0 Å². The van der Waals surface area contributed by atoms with Gasteiger partial charge in [-0.3, -0.25) is 4.79 Å². The summed E-state index contributed by atoms with van der Waals surface area (Å²) in [5.41, 5.74) is -0.413. The molecule has 25 heavy (non-hydrogen) atoms. The molecule has 0 spiro atoms. The molecule has 1 rings (SSSR count). The normalized spacial score (nSPS) is 12.2. The Labute approximate surface area is 144 Å². The number of nitrogens with zero attached hydrogens (tertiary/aromatic N) is 2. The molecule has 0 radical (unpaired) electrons. The predicted octanol–water partition coefficient (Wildman–Crippen LogP) is 4.76. The topological polar surface area (TPSA) is 23.6 Å². The van der Waals surface area contributed by atoms with Crippen LogP contribution in [0.4, 0.5) is 33.3 Å². The van der Waals surface area contributed by atoms with E-state index in [0.717, 1.165) is 0 Å². The Bertz CT molecular complexity index is 563. The Kier molecular flexibility index (Phi) is 6.79. The van der Waals surface area contributed by atoms with E-state index in [1.54, 1.807) is 43.6 Å². The van der Waals surface area contributed by atoms with Gasteiger partial charge in [0.15, 0.2) is 0 Å². The molecule has 0 unspecified atom stereocenters. The van der Waals surface area contributed by atoms with Crippen LogP contribution in [0.15, 0.2) is 18.2 Å². The average Bonchev–Trinajstić information content (AvgIpc) is 2.55. The number of carbonyl (C=O) groups excluding carboxylic acids is 1. The van der Waals surface area contributed by atoms with Gasteiger partial charge in [0, 0.05) is 37.6 Å². The van der Waals surface area contributed by atoms with E-state index in [1.807, 2.05) is 0 Å². The van der Waals surface area contributed by atoms with Crippen molar-refractivity contribution in [1.29, 1.82) is 0 Å². The largest absolute Gasteiger partial charge is 0.461 e. The minimum Gasteiger partial charge on any atom is -0.371 e. The molecule has 1 aromatic carbocycles. The van der Waals surface area contributed by atoms with Gasteiger partial charge in [0.1, 0.15) is 0 Å². The van der Waals surface area contributed by atoms with Gasteiger partial charge < -0.3 is 9.80 Å². The Hall–Kier alpha value is -1.86. The Morgan fingerprint density at radius 2 is 1.20 bits per heavy atom. The van der Waals surface area contributed by atoms with Gasteiger partial charge in [-0.2, -0.15) is 22.0 Å². The second-order valence-corrected chi connectivity index (χ2v) is 5.42. The average molecular weight is 366 g/mol. The van der Waals surface area contributed by atoms with Crippen molar-refractivity contribution in [3.05, 3.63) is 23.8 Å². The quantitative estimate of drug-likeness (QED) is 0.490. The molecule has 0 bridgehead atoms. The summed E-state index contributed by atoms with van der Waals surface area (Å²) in [6, 6.07) is 4.36. The van der Waals surface area contributed by atoms with E-state index < -0.39 is 23.4 Å². The van der Waals surface area contributed by atoms with Crippen molar-refractivity contribution >= 4 is 17.2 Å². The van der Waals surface area contributed by atoms with Gasteiger partial charge >= 0.3 is 12.1 Å². The third-order valence-corrected chi connectivity index (χ3v) is 4.10. The molecule has 0 heterocycles. The fraction of sp³-hybridized carbons (Fsp3) is 0.588. The number of rotatable bonds is 8. The van der Waals surface area contributed by atoms with Crippen LogP contribution in [0.2, 0.25) is 0 Å². The molecule has 0 saturated heterocycles. The van der Waals surface area contributed by atoms with Gasteiger partial charge in [-0.1, -0.05) is 6.07 Å². The monoisotopic (exact) mass is 366 g/mol. The third kappa shape index (κ3) is 4.04. The zero-order chi connectivity index (χ0) is 19.4. The summed E-state index contributed by atoms with van der Waals surface area (Å²) in [7, 11) is 0. The second kappa shape index (κ2) is 8.01. The molecule has 8 heteroatoms. The summed E-state index contributed by atoms with van der Waals surface area (Å²) < 4.78 is 65.9. The Balaban J connectivity index is 3.70. The highest BCUT2D eigenvalue weighted by Gasteiger charge is 2.64. The fourth-order valence-electron chi connectivity index (χ4n) is 2.70. The number of hydrogen-bond acceptors (Lipinski definition) is 3. The first kappa shape index (κ1) is 21.2. The molecular weight excluding hydrogens is 343 g/mol. The number of alkyl halides is 5. The lowest BCUT2D eigenvalue weighted by Gasteiger charge is -2.31. The van der Waals surface area contributed by atoms with E-state index in [1.165, 1.54) is 12.1 Å². The van der Waals surface area contributed by atoms with E-state index >= 15 is 0 Å². The van der Waals surface area contributed by atoms with Gasteiger partial charge in [-0.05, 0) is 39.8 Å². The minimum absolute atomic E-state index is 0.0864. The van der Waals surface area contributed by atoms with Crippen LogP contribution < -0.4 is 9.80 Å². The maximum Gasteiger partial charge on any atom is 0.461 e. The summed E-state index contributed by atoms with van der Waals surface area (Å²) in [5.74, 6) is -7.66. The molecule has 0 N–H and O–H groups in total. The molecule has 3 nitrogen and oxygen atoms in total. The van der Waals surface area contributed by atoms with Crippen LogP contribution in [0.25, 0.3) is 0 Å². The summed E-state index contributed by atoms with van der Waals surface area (Å²) in [6.45, 7) is 8.44. The van der Waals surface area contributed by atoms with Crippen molar-refractivity contribution in [3.8, 4) is 0 Å². The number of Topliss-reactive ketones (excluding diaryl/α,β-unsaturated/α-hetero) is 1. The molecule has 0 aliphatic heterocycles. The SMILES string of the molecule is CCN(CC)c1cccc(N(CC)CC)c1C(=O)C(F)(F)C(F)(F)F. The molecule has 0 fully saturated rings. The molecule has 0 aliphatic rings. The van der Waals surface area contributed by atoms with Crippen LogP contribution in [-0.2, 0) is 0 Å². The lowest BCUT2D eigenvalue weighted by Crippen LogP contribution is -2.45. The zero-order valence-electron chi connectivity index (χ0n) is 14.8. The van der Waals surface area contributed by atoms with Crippen molar-refractivity contribution in [2.45, 2.75) is 39.8 Å². The van der Waals surface area contributed by atoms with Gasteiger partial charge in [0.25, 0.3) is 0 Å². The van der Waals surface area contributed by atoms with Gasteiger partial charge in [-0.25, -0.2) is 0 Å². The smallest absolute Gasteiger partial charge is 0.371 e. The van der Waals surface area contributed by atoms with Gasteiger partial charge in [0.2, 0.25) is 5.78 Å². The van der Waals surface area contributed by atoms with Crippen LogP contribution in [0, 0.1) is 0 Å². The molecule has 0 atom stereocenters. The molecule has 0 aliphatic carbocycles. The highest BCUT2D eigenvalue weighted by Crippen LogP contribution is 2.42. The number of ketones is 1. The van der Waals surface area contributed by atoms with E-state index in [4.69, 9.17) is 0 Å². The highest BCUT2D eigenvalue weighted by molar-refractivity contribution is 6.10. The Morgan fingerprint density at radius 3 is 1.48 bits per heavy atom. The highest BCUT2D eigenvalue weighted by atomic mass is 19.4. The van der Waals surface area contributed by atoms with Crippen LogP contribution in [0.5, 0.6) is 0 Å².